The Kier molecular flexibility index (Phi) is 7.55. The van der Waals surface area contributed by atoms with Crippen LogP contribution in [0.5, 0.6) is 0 Å². The molecule has 0 radical (unpaired) electrons. The highest BCUT2D eigenvalue weighted by atomic mass is 16.2. The third kappa shape index (κ3) is 5.93. The van der Waals surface area contributed by atoms with Crippen LogP contribution in [0.25, 0.3) is 0 Å². The van der Waals surface area contributed by atoms with E-state index in [1.165, 1.54) is 0 Å². The highest BCUT2D eigenvalue weighted by molar-refractivity contribution is 5.97. The van der Waals surface area contributed by atoms with Gasteiger partial charge in [-0.15, -0.1) is 0 Å². The average molecular weight is 367 g/mol. The largest absolute Gasteiger partial charge is 0.352 e. The Bertz CT molecular complexity index is 730. The van der Waals surface area contributed by atoms with Crippen LogP contribution in [0.2, 0.25) is 0 Å². The minimum absolute atomic E-state index is 0.0211. The van der Waals surface area contributed by atoms with Crippen molar-refractivity contribution in [3.63, 3.8) is 0 Å². The van der Waals surface area contributed by atoms with E-state index in [-0.39, 0.29) is 23.8 Å². The second kappa shape index (κ2) is 9.88. The molecule has 5 heteroatoms. The zero-order chi connectivity index (χ0) is 19.8. The molecule has 0 unspecified atom stereocenters. The molecule has 0 aliphatic carbocycles. The van der Waals surface area contributed by atoms with Crippen LogP contribution in [0.3, 0.4) is 0 Å². The lowest BCUT2D eigenvalue weighted by atomic mass is 10.0. The number of likely N-dealkylation sites (N-methyl/N-ethyl adjacent to an activating group) is 1. The van der Waals surface area contributed by atoms with Crippen LogP contribution in [-0.2, 0) is 4.79 Å². The quantitative estimate of drug-likeness (QED) is 0.754. The van der Waals surface area contributed by atoms with Crippen molar-refractivity contribution in [2.45, 2.75) is 25.9 Å². The minimum Gasteiger partial charge on any atom is -0.352 e. The zero-order valence-electron chi connectivity index (χ0n) is 16.5. The van der Waals surface area contributed by atoms with E-state index in [1.54, 1.807) is 24.3 Å². The fourth-order valence-electron chi connectivity index (χ4n) is 2.93. The fraction of sp³-hybridized carbons (Fsp3) is 0.364. The monoisotopic (exact) mass is 367 g/mol. The van der Waals surface area contributed by atoms with Gasteiger partial charge >= 0.3 is 0 Å². The van der Waals surface area contributed by atoms with E-state index >= 15 is 0 Å². The van der Waals surface area contributed by atoms with Gasteiger partial charge in [-0.3, -0.25) is 9.59 Å². The first-order valence-electron chi connectivity index (χ1n) is 9.25. The Morgan fingerprint density at radius 2 is 1.48 bits per heavy atom. The molecule has 0 heterocycles. The molecule has 0 spiro atoms. The molecule has 2 aromatic carbocycles. The van der Waals surface area contributed by atoms with Crippen LogP contribution in [0.15, 0.2) is 60.7 Å². The van der Waals surface area contributed by atoms with Crippen LogP contribution in [0, 0.1) is 5.92 Å². The van der Waals surface area contributed by atoms with Gasteiger partial charge in [0, 0.05) is 12.1 Å². The van der Waals surface area contributed by atoms with Crippen LogP contribution in [0.4, 0.5) is 0 Å². The maximum Gasteiger partial charge on any atom is 0.251 e. The summed E-state index contributed by atoms with van der Waals surface area (Å²) in [7, 11) is 3.97. The topological polar surface area (TPSA) is 61.4 Å². The van der Waals surface area contributed by atoms with Gasteiger partial charge in [0.25, 0.3) is 5.91 Å². The number of carbonyl (C=O) groups excluding carboxylic acids is 2. The molecule has 0 aliphatic rings. The smallest absolute Gasteiger partial charge is 0.251 e. The summed E-state index contributed by atoms with van der Waals surface area (Å²) in [6.07, 6.45) is 0. The van der Waals surface area contributed by atoms with Crippen molar-refractivity contribution in [1.82, 2.24) is 15.5 Å². The molecule has 0 bridgehead atoms. The van der Waals surface area contributed by atoms with E-state index in [2.05, 4.69) is 15.5 Å². The first kappa shape index (κ1) is 20.6. The molecule has 2 N–H and O–H groups in total. The first-order chi connectivity index (χ1) is 12.9. The fourth-order valence-corrected chi connectivity index (χ4v) is 2.93. The van der Waals surface area contributed by atoms with Gasteiger partial charge in [-0.05, 0) is 37.7 Å². The lowest BCUT2D eigenvalue weighted by Crippen LogP contribution is -2.51. The van der Waals surface area contributed by atoms with Gasteiger partial charge in [-0.25, -0.2) is 0 Å². The predicted octanol–water partition coefficient (Wildman–Crippen LogP) is 2.86. The van der Waals surface area contributed by atoms with Gasteiger partial charge in [-0.2, -0.15) is 0 Å². The number of rotatable bonds is 8. The van der Waals surface area contributed by atoms with Crippen molar-refractivity contribution < 1.29 is 9.59 Å². The first-order valence-corrected chi connectivity index (χ1v) is 9.25. The molecule has 0 aliphatic heterocycles. The van der Waals surface area contributed by atoms with E-state index in [0.29, 0.717) is 12.1 Å². The average Bonchev–Trinajstić information content (AvgIpc) is 2.67. The van der Waals surface area contributed by atoms with Crippen LogP contribution in [0.1, 0.15) is 35.8 Å². The number of benzene rings is 2. The molecule has 27 heavy (non-hydrogen) atoms. The molecule has 2 amide bonds. The third-order valence-electron chi connectivity index (χ3n) is 4.55. The van der Waals surface area contributed by atoms with Gasteiger partial charge in [0.15, 0.2) is 0 Å². The van der Waals surface area contributed by atoms with Gasteiger partial charge in [0.2, 0.25) is 5.91 Å². The summed E-state index contributed by atoms with van der Waals surface area (Å²) in [4.78, 5) is 27.3. The number of nitrogens with zero attached hydrogens (tertiary/aromatic N) is 1. The summed E-state index contributed by atoms with van der Waals surface area (Å²) < 4.78 is 0. The molecule has 144 valence electrons. The predicted molar refractivity (Wildman–Crippen MR) is 108 cm³/mol. The lowest BCUT2D eigenvalue weighted by molar-refractivity contribution is -0.124. The summed E-state index contributed by atoms with van der Waals surface area (Å²) >= 11 is 0. The van der Waals surface area contributed by atoms with Crippen LogP contribution < -0.4 is 10.6 Å². The normalized spacial score (nSPS) is 13.3. The SMILES string of the molecule is CC(C)[C@@H](NC(=O)c1ccccc1)C(=O)NC[C@@H](c1ccccc1)N(C)C. The Morgan fingerprint density at radius 1 is 0.926 bits per heavy atom. The molecule has 0 saturated carbocycles. The zero-order valence-corrected chi connectivity index (χ0v) is 16.5. The molecular weight excluding hydrogens is 338 g/mol. The Hall–Kier alpha value is -2.66. The summed E-state index contributed by atoms with van der Waals surface area (Å²) in [6, 6.07) is 18.5. The molecule has 0 fully saturated rings. The number of amides is 2. The van der Waals surface area contributed by atoms with E-state index in [0.717, 1.165) is 5.56 Å². The van der Waals surface area contributed by atoms with Gasteiger partial charge in [0.1, 0.15) is 6.04 Å². The molecule has 2 aromatic rings. The van der Waals surface area contributed by atoms with Gasteiger partial charge in [0.05, 0.1) is 6.04 Å². The molecular formula is C22H29N3O2. The highest BCUT2D eigenvalue weighted by Crippen LogP contribution is 2.17. The standard InChI is InChI=1S/C22H29N3O2/c1-16(2)20(24-21(26)18-13-9-6-10-14-18)22(27)23-15-19(25(3)4)17-11-7-5-8-12-17/h5-14,16,19-20H,15H2,1-4H3,(H,23,27)(H,24,26)/t19-,20+/m0/s1. The van der Waals surface area contributed by atoms with Crippen LogP contribution >= 0.6 is 0 Å². The van der Waals surface area contributed by atoms with Crippen molar-refractivity contribution in [3.05, 3.63) is 71.8 Å². The molecule has 2 atom stereocenters. The van der Waals surface area contributed by atoms with Crippen molar-refractivity contribution in [2.75, 3.05) is 20.6 Å². The summed E-state index contributed by atoms with van der Waals surface area (Å²) in [5, 5.41) is 5.87. The molecule has 0 saturated heterocycles. The Balaban J connectivity index is 2.03. The van der Waals surface area contributed by atoms with Crippen molar-refractivity contribution in [1.29, 1.82) is 0 Å². The van der Waals surface area contributed by atoms with Crippen molar-refractivity contribution in [2.24, 2.45) is 5.92 Å². The summed E-state index contributed by atoms with van der Waals surface area (Å²) in [6.45, 7) is 4.33. The van der Waals surface area contributed by atoms with E-state index in [4.69, 9.17) is 0 Å². The van der Waals surface area contributed by atoms with E-state index in [1.807, 2.05) is 64.3 Å². The number of carbonyl (C=O) groups is 2. The summed E-state index contributed by atoms with van der Waals surface area (Å²) in [5.74, 6) is -0.430. The second-order valence-electron chi connectivity index (χ2n) is 7.20. The molecule has 5 nitrogen and oxygen atoms in total. The maximum atomic E-state index is 12.8. The lowest BCUT2D eigenvalue weighted by Gasteiger charge is -2.27. The van der Waals surface area contributed by atoms with Crippen LogP contribution in [-0.4, -0.2) is 43.4 Å². The van der Waals surface area contributed by atoms with Gasteiger partial charge < -0.3 is 15.5 Å². The maximum absolute atomic E-state index is 12.8. The number of hydrogen-bond donors (Lipinski definition) is 2. The van der Waals surface area contributed by atoms with Crippen molar-refractivity contribution >= 4 is 11.8 Å². The van der Waals surface area contributed by atoms with E-state index in [9.17, 15) is 9.59 Å². The van der Waals surface area contributed by atoms with E-state index < -0.39 is 6.04 Å². The molecule has 2 rings (SSSR count). The molecule has 0 aromatic heterocycles. The van der Waals surface area contributed by atoms with Crippen molar-refractivity contribution in [3.8, 4) is 0 Å². The summed E-state index contributed by atoms with van der Waals surface area (Å²) in [5.41, 5.74) is 1.68. The third-order valence-corrected chi connectivity index (χ3v) is 4.55. The minimum atomic E-state index is -0.587. The highest BCUT2D eigenvalue weighted by Gasteiger charge is 2.25. The number of hydrogen-bond acceptors (Lipinski definition) is 3. The Morgan fingerprint density at radius 3 is 2.00 bits per heavy atom. The number of nitrogens with one attached hydrogen (secondary N) is 2. The second-order valence-corrected chi connectivity index (χ2v) is 7.20. The Labute approximate surface area is 161 Å². The van der Waals surface area contributed by atoms with Gasteiger partial charge in [-0.1, -0.05) is 62.4 Å².